The van der Waals surface area contributed by atoms with Crippen LogP contribution in [0.25, 0.3) is 17.1 Å². The van der Waals surface area contributed by atoms with Crippen LogP contribution in [0, 0.1) is 5.82 Å². The van der Waals surface area contributed by atoms with Crippen LogP contribution in [0.4, 0.5) is 17.6 Å². The molecule has 0 saturated carbocycles. The highest BCUT2D eigenvalue weighted by Crippen LogP contribution is 2.30. The molecule has 0 radical (unpaired) electrons. The molecule has 3 aromatic heterocycles. The molecule has 0 aliphatic carbocycles. The Labute approximate surface area is 146 Å². The van der Waals surface area contributed by atoms with Gasteiger partial charge in [0.05, 0.1) is 0 Å². The lowest BCUT2D eigenvalue weighted by atomic mass is 10.2. The molecule has 0 aliphatic rings. The standard InChI is InChI=1S/C14H6F4N6OS/c15-8-3-1-7(2-4-8)11-20-22-13(25-11)26-10-6-5-9-19-21-12(14(16,17)18)24(9)23-10/h1-6H. The van der Waals surface area contributed by atoms with Gasteiger partial charge in [0.2, 0.25) is 5.89 Å². The van der Waals surface area contributed by atoms with E-state index >= 15 is 0 Å². The number of rotatable bonds is 3. The van der Waals surface area contributed by atoms with E-state index in [2.05, 4.69) is 25.5 Å². The van der Waals surface area contributed by atoms with Crippen molar-refractivity contribution in [2.45, 2.75) is 16.4 Å². The third-order valence-corrected chi connectivity index (χ3v) is 3.95. The molecule has 26 heavy (non-hydrogen) atoms. The second kappa shape index (κ2) is 6.05. The summed E-state index contributed by atoms with van der Waals surface area (Å²) < 4.78 is 57.6. The summed E-state index contributed by atoms with van der Waals surface area (Å²) in [5.74, 6) is -1.49. The van der Waals surface area contributed by atoms with E-state index in [9.17, 15) is 17.6 Å². The van der Waals surface area contributed by atoms with Crippen molar-refractivity contribution in [3.63, 3.8) is 0 Å². The van der Waals surface area contributed by atoms with Gasteiger partial charge in [-0.3, -0.25) is 0 Å². The molecular weight excluding hydrogens is 376 g/mol. The van der Waals surface area contributed by atoms with E-state index in [0.717, 1.165) is 11.8 Å². The molecule has 0 bridgehead atoms. The van der Waals surface area contributed by atoms with Gasteiger partial charge in [-0.25, -0.2) is 4.39 Å². The minimum Gasteiger partial charge on any atom is -0.411 e. The molecule has 0 amide bonds. The molecule has 0 saturated heterocycles. The van der Waals surface area contributed by atoms with Crippen LogP contribution in [-0.2, 0) is 6.18 Å². The van der Waals surface area contributed by atoms with E-state index in [4.69, 9.17) is 4.42 Å². The Morgan fingerprint density at radius 2 is 1.69 bits per heavy atom. The first kappa shape index (κ1) is 16.4. The lowest BCUT2D eigenvalue weighted by Crippen LogP contribution is -2.12. The smallest absolute Gasteiger partial charge is 0.411 e. The van der Waals surface area contributed by atoms with Crippen LogP contribution < -0.4 is 0 Å². The van der Waals surface area contributed by atoms with Crippen molar-refractivity contribution in [3.8, 4) is 11.5 Å². The monoisotopic (exact) mass is 382 g/mol. The summed E-state index contributed by atoms with van der Waals surface area (Å²) in [6.07, 6.45) is -4.68. The fraction of sp³-hybridized carbons (Fsp3) is 0.0714. The summed E-state index contributed by atoms with van der Waals surface area (Å²) in [7, 11) is 0. The molecule has 7 nitrogen and oxygen atoms in total. The highest BCUT2D eigenvalue weighted by molar-refractivity contribution is 7.99. The van der Waals surface area contributed by atoms with Gasteiger partial charge in [-0.1, -0.05) is 0 Å². The molecule has 4 aromatic rings. The van der Waals surface area contributed by atoms with Crippen molar-refractivity contribution in [1.82, 2.24) is 30.0 Å². The predicted octanol–water partition coefficient (Wildman–Crippen LogP) is 3.48. The van der Waals surface area contributed by atoms with E-state index < -0.39 is 17.8 Å². The summed E-state index contributed by atoms with van der Waals surface area (Å²) in [5, 5.41) is 18.2. The fourth-order valence-corrected chi connectivity index (χ4v) is 2.69. The average Bonchev–Trinajstić information content (AvgIpc) is 3.21. The fourth-order valence-electron chi connectivity index (χ4n) is 2.05. The van der Waals surface area contributed by atoms with Crippen molar-refractivity contribution in [2.75, 3.05) is 0 Å². The lowest BCUT2D eigenvalue weighted by molar-refractivity contribution is -0.146. The Morgan fingerprint density at radius 3 is 2.42 bits per heavy atom. The number of halogens is 4. The van der Waals surface area contributed by atoms with Gasteiger partial charge in [-0.15, -0.1) is 20.4 Å². The number of fused-ring (bicyclic) bond motifs is 1. The third-order valence-electron chi connectivity index (χ3n) is 3.18. The molecule has 1 aromatic carbocycles. The largest absolute Gasteiger partial charge is 0.453 e. The Bertz CT molecular complexity index is 1080. The minimum absolute atomic E-state index is 0.0424. The highest BCUT2D eigenvalue weighted by atomic mass is 32.2. The highest BCUT2D eigenvalue weighted by Gasteiger charge is 2.37. The summed E-state index contributed by atoms with van der Waals surface area (Å²) in [5.41, 5.74) is 0.464. The Kier molecular flexibility index (Phi) is 3.83. The minimum atomic E-state index is -4.68. The molecule has 3 heterocycles. The summed E-state index contributed by atoms with van der Waals surface area (Å²) >= 11 is 0.875. The number of alkyl halides is 3. The van der Waals surface area contributed by atoms with E-state index in [0.29, 0.717) is 10.1 Å². The number of nitrogens with zero attached hydrogens (tertiary/aromatic N) is 6. The zero-order valence-electron chi connectivity index (χ0n) is 12.5. The first-order valence-corrected chi connectivity index (χ1v) is 7.79. The van der Waals surface area contributed by atoms with Gasteiger partial charge in [0.1, 0.15) is 10.8 Å². The molecule has 12 heteroatoms. The lowest BCUT2D eigenvalue weighted by Gasteiger charge is -2.03. The summed E-state index contributed by atoms with van der Waals surface area (Å²) in [6.45, 7) is 0. The van der Waals surface area contributed by atoms with Gasteiger partial charge >= 0.3 is 6.18 Å². The van der Waals surface area contributed by atoms with E-state index in [-0.39, 0.29) is 21.8 Å². The van der Waals surface area contributed by atoms with Crippen molar-refractivity contribution in [2.24, 2.45) is 0 Å². The maximum Gasteiger partial charge on any atom is 0.453 e. The van der Waals surface area contributed by atoms with Crippen molar-refractivity contribution < 1.29 is 22.0 Å². The van der Waals surface area contributed by atoms with Gasteiger partial charge in [-0.05, 0) is 48.2 Å². The Morgan fingerprint density at radius 1 is 0.923 bits per heavy atom. The first-order chi connectivity index (χ1) is 12.4. The Balaban J connectivity index is 1.62. The van der Waals surface area contributed by atoms with Crippen LogP contribution in [-0.4, -0.2) is 30.0 Å². The molecule has 0 aliphatic heterocycles. The predicted molar refractivity (Wildman–Crippen MR) is 79.6 cm³/mol. The van der Waals surface area contributed by atoms with Crippen LogP contribution in [0.3, 0.4) is 0 Å². The average molecular weight is 382 g/mol. The van der Waals surface area contributed by atoms with Gasteiger partial charge < -0.3 is 4.42 Å². The Hall–Kier alpha value is -3.02. The molecule has 0 unspecified atom stereocenters. The summed E-state index contributed by atoms with van der Waals surface area (Å²) in [4.78, 5) is 0. The molecule has 0 N–H and O–H groups in total. The van der Waals surface area contributed by atoms with Crippen LogP contribution in [0.15, 0.2) is 51.1 Å². The zero-order valence-corrected chi connectivity index (χ0v) is 13.3. The number of aromatic nitrogens is 6. The maximum absolute atomic E-state index is 12.9. The third kappa shape index (κ3) is 3.10. The van der Waals surface area contributed by atoms with Gasteiger partial charge in [0, 0.05) is 5.56 Å². The molecule has 0 fully saturated rings. The van der Waals surface area contributed by atoms with Crippen LogP contribution in [0.1, 0.15) is 5.82 Å². The summed E-state index contributed by atoms with van der Waals surface area (Å²) in [6, 6.07) is 8.22. The maximum atomic E-state index is 12.9. The van der Waals surface area contributed by atoms with E-state index in [1.807, 2.05) is 0 Å². The van der Waals surface area contributed by atoms with Gasteiger partial charge in [0.25, 0.3) is 11.0 Å². The molecule has 0 spiro atoms. The van der Waals surface area contributed by atoms with Crippen LogP contribution in [0.5, 0.6) is 0 Å². The number of benzene rings is 1. The number of hydrogen-bond donors (Lipinski definition) is 0. The topological polar surface area (TPSA) is 82.0 Å². The SMILES string of the molecule is Fc1ccc(-c2nnc(Sc3ccc4nnc(C(F)(F)F)n4n3)o2)cc1. The van der Waals surface area contributed by atoms with Gasteiger partial charge in [0.15, 0.2) is 5.65 Å². The second-order valence-electron chi connectivity index (χ2n) is 4.95. The first-order valence-electron chi connectivity index (χ1n) is 6.97. The molecule has 132 valence electrons. The molecule has 4 rings (SSSR count). The van der Waals surface area contributed by atoms with Crippen molar-refractivity contribution >= 4 is 17.4 Å². The van der Waals surface area contributed by atoms with E-state index in [1.165, 1.54) is 36.4 Å². The quantitative estimate of drug-likeness (QED) is 0.502. The molecular formula is C14H6F4N6OS. The molecule has 0 atom stereocenters. The zero-order chi connectivity index (χ0) is 18.3. The van der Waals surface area contributed by atoms with E-state index in [1.54, 1.807) is 0 Å². The van der Waals surface area contributed by atoms with Crippen LogP contribution >= 0.6 is 11.8 Å². The van der Waals surface area contributed by atoms with Gasteiger partial charge in [-0.2, -0.15) is 22.8 Å². The normalized spacial score (nSPS) is 12.0. The second-order valence-corrected chi connectivity index (χ2v) is 5.92. The number of hydrogen-bond acceptors (Lipinski definition) is 7. The van der Waals surface area contributed by atoms with Crippen LogP contribution in [0.2, 0.25) is 0 Å². The van der Waals surface area contributed by atoms with Crippen molar-refractivity contribution in [1.29, 1.82) is 0 Å². The van der Waals surface area contributed by atoms with Crippen molar-refractivity contribution in [3.05, 3.63) is 48.0 Å².